The van der Waals surface area contributed by atoms with Crippen molar-refractivity contribution in [2.75, 3.05) is 0 Å². The van der Waals surface area contributed by atoms with Gasteiger partial charge < -0.3 is 9.84 Å². The molecule has 0 amide bonds. The van der Waals surface area contributed by atoms with Gasteiger partial charge in [0.05, 0.1) is 0 Å². The molecule has 0 bridgehead atoms. The van der Waals surface area contributed by atoms with Crippen LogP contribution in [-0.2, 0) is 9.53 Å². The number of ketones is 1. The van der Waals surface area contributed by atoms with Crippen molar-refractivity contribution in [1.82, 2.24) is 0 Å². The molecule has 0 saturated carbocycles. The normalized spacial score (nSPS) is 35.2. The third-order valence-corrected chi connectivity index (χ3v) is 1.64. The highest BCUT2D eigenvalue weighted by atomic mass is 16.6. The van der Waals surface area contributed by atoms with Crippen LogP contribution in [0, 0.1) is 0 Å². The molecule has 1 aliphatic rings. The summed E-state index contributed by atoms with van der Waals surface area (Å²) >= 11 is 0. The standard InChI is InChI=1S/C9H12O3/c1-3-4-8-7(10)5-6-9(2,11)12-8/h3,5-6,8,11H,1,4H2,2H3/t8-,9?/m1/s1. The second-order valence-electron chi connectivity index (χ2n) is 2.92. The van der Waals surface area contributed by atoms with E-state index >= 15 is 0 Å². The fourth-order valence-electron chi connectivity index (χ4n) is 1.05. The van der Waals surface area contributed by atoms with E-state index in [0.717, 1.165) is 0 Å². The first kappa shape index (κ1) is 9.16. The molecule has 0 saturated heterocycles. The van der Waals surface area contributed by atoms with Gasteiger partial charge in [-0.2, -0.15) is 0 Å². The van der Waals surface area contributed by atoms with Gasteiger partial charge in [-0.15, -0.1) is 6.58 Å². The molecule has 66 valence electrons. The molecule has 0 aromatic heterocycles. The third-order valence-electron chi connectivity index (χ3n) is 1.64. The van der Waals surface area contributed by atoms with Crippen molar-refractivity contribution in [1.29, 1.82) is 0 Å². The lowest BCUT2D eigenvalue weighted by molar-refractivity contribution is -0.191. The molecule has 1 aliphatic heterocycles. The summed E-state index contributed by atoms with van der Waals surface area (Å²) in [6.45, 7) is 4.99. The van der Waals surface area contributed by atoms with Crippen LogP contribution in [0.25, 0.3) is 0 Å². The highest BCUT2D eigenvalue weighted by molar-refractivity contribution is 5.94. The highest BCUT2D eigenvalue weighted by Gasteiger charge is 2.30. The average Bonchev–Trinajstić information content (AvgIpc) is 1.97. The van der Waals surface area contributed by atoms with Crippen LogP contribution in [0.5, 0.6) is 0 Å². The van der Waals surface area contributed by atoms with Crippen LogP contribution in [0.4, 0.5) is 0 Å². The molecule has 2 atom stereocenters. The van der Waals surface area contributed by atoms with E-state index < -0.39 is 11.9 Å². The summed E-state index contributed by atoms with van der Waals surface area (Å²) in [6, 6.07) is 0. The molecular formula is C9H12O3. The van der Waals surface area contributed by atoms with Crippen molar-refractivity contribution in [3.63, 3.8) is 0 Å². The first-order valence-electron chi connectivity index (χ1n) is 3.79. The lowest BCUT2D eigenvalue weighted by Crippen LogP contribution is -2.39. The summed E-state index contributed by atoms with van der Waals surface area (Å²) < 4.78 is 5.07. The molecule has 1 unspecified atom stereocenters. The molecule has 0 aromatic rings. The predicted molar refractivity (Wildman–Crippen MR) is 44.5 cm³/mol. The van der Waals surface area contributed by atoms with E-state index in [9.17, 15) is 9.90 Å². The maximum Gasteiger partial charge on any atom is 0.184 e. The summed E-state index contributed by atoms with van der Waals surface area (Å²) in [4.78, 5) is 11.1. The van der Waals surface area contributed by atoms with Crippen LogP contribution in [0.3, 0.4) is 0 Å². The highest BCUT2D eigenvalue weighted by Crippen LogP contribution is 2.19. The van der Waals surface area contributed by atoms with Crippen molar-refractivity contribution in [2.45, 2.75) is 25.2 Å². The summed E-state index contributed by atoms with van der Waals surface area (Å²) in [5.41, 5.74) is 0. The van der Waals surface area contributed by atoms with E-state index in [-0.39, 0.29) is 5.78 Å². The van der Waals surface area contributed by atoms with E-state index in [1.54, 1.807) is 6.08 Å². The number of rotatable bonds is 2. The van der Waals surface area contributed by atoms with Crippen molar-refractivity contribution in [3.05, 3.63) is 24.8 Å². The van der Waals surface area contributed by atoms with Gasteiger partial charge in [-0.25, -0.2) is 0 Å². The number of hydrogen-bond acceptors (Lipinski definition) is 3. The van der Waals surface area contributed by atoms with Gasteiger partial charge in [-0.3, -0.25) is 4.79 Å². The van der Waals surface area contributed by atoms with Crippen LogP contribution < -0.4 is 0 Å². The Morgan fingerprint density at radius 3 is 3.17 bits per heavy atom. The maximum absolute atomic E-state index is 11.1. The van der Waals surface area contributed by atoms with Crippen LogP contribution in [0.2, 0.25) is 0 Å². The van der Waals surface area contributed by atoms with E-state index in [1.807, 2.05) is 0 Å². The van der Waals surface area contributed by atoms with Crippen molar-refractivity contribution < 1.29 is 14.6 Å². The predicted octanol–water partition coefficient (Wildman–Crippen LogP) is 0.795. The monoisotopic (exact) mass is 168 g/mol. The Balaban J connectivity index is 2.73. The number of hydrogen-bond donors (Lipinski definition) is 1. The Morgan fingerprint density at radius 1 is 1.92 bits per heavy atom. The lowest BCUT2D eigenvalue weighted by atomic mass is 10.1. The Kier molecular flexibility index (Phi) is 2.45. The Morgan fingerprint density at radius 2 is 2.58 bits per heavy atom. The Hall–Kier alpha value is -0.930. The van der Waals surface area contributed by atoms with Crippen molar-refractivity contribution in [2.24, 2.45) is 0 Å². The average molecular weight is 168 g/mol. The van der Waals surface area contributed by atoms with E-state index in [2.05, 4.69) is 6.58 Å². The third kappa shape index (κ3) is 2.03. The van der Waals surface area contributed by atoms with Crippen molar-refractivity contribution >= 4 is 5.78 Å². The SMILES string of the molecule is C=CC[C@H]1OC(C)(O)C=CC1=O. The summed E-state index contributed by atoms with van der Waals surface area (Å²) in [5, 5.41) is 9.39. The number of ether oxygens (including phenoxy) is 1. The molecule has 0 spiro atoms. The zero-order chi connectivity index (χ0) is 9.19. The maximum atomic E-state index is 11.1. The van der Waals surface area contributed by atoms with Crippen LogP contribution in [-0.4, -0.2) is 22.8 Å². The molecule has 0 radical (unpaired) electrons. The van der Waals surface area contributed by atoms with Gasteiger partial charge in [-0.1, -0.05) is 6.08 Å². The van der Waals surface area contributed by atoms with E-state index in [4.69, 9.17) is 4.74 Å². The first-order valence-corrected chi connectivity index (χ1v) is 3.79. The quantitative estimate of drug-likeness (QED) is 0.620. The number of carbonyl (C=O) groups is 1. The largest absolute Gasteiger partial charge is 0.362 e. The Bertz CT molecular complexity index is 228. The molecule has 0 fully saturated rings. The molecule has 0 aliphatic carbocycles. The van der Waals surface area contributed by atoms with Crippen LogP contribution in [0.1, 0.15) is 13.3 Å². The van der Waals surface area contributed by atoms with E-state index in [0.29, 0.717) is 6.42 Å². The lowest BCUT2D eigenvalue weighted by Gasteiger charge is -2.28. The van der Waals surface area contributed by atoms with Gasteiger partial charge in [0.15, 0.2) is 11.6 Å². The Labute approximate surface area is 71.3 Å². The van der Waals surface area contributed by atoms with Crippen LogP contribution in [0.15, 0.2) is 24.8 Å². The van der Waals surface area contributed by atoms with Crippen LogP contribution >= 0.6 is 0 Å². The topological polar surface area (TPSA) is 46.5 Å². The number of carbonyl (C=O) groups excluding carboxylic acids is 1. The molecule has 1 heterocycles. The van der Waals surface area contributed by atoms with Gasteiger partial charge in [0, 0.05) is 0 Å². The van der Waals surface area contributed by atoms with Gasteiger partial charge in [0.2, 0.25) is 0 Å². The molecule has 3 heteroatoms. The smallest absolute Gasteiger partial charge is 0.184 e. The second kappa shape index (κ2) is 3.21. The van der Waals surface area contributed by atoms with Gasteiger partial charge in [0.25, 0.3) is 0 Å². The van der Waals surface area contributed by atoms with E-state index in [1.165, 1.54) is 19.1 Å². The van der Waals surface area contributed by atoms with Gasteiger partial charge in [0.1, 0.15) is 6.10 Å². The fraction of sp³-hybridized carbons (Fsp3) is 0.444. The molecule has 0 aromatic carbocycles. The minimum absolute atomic E-state index is 0.124. The first-order chi connectivity index (χ1) is 5.55. The van der Waals surface area contributed by atoms with Gasteiger partial charge >= 0.3 is 0 Å². The zero-order valence-electron chi connectivity index (χ0n) is 6.99. The zero-order valence-corrected chi connectivity index (χ0v) is 6.99. The minimum atomic E-state index is -1.32. The number of aliphatic hydroxyl groups is 1. The molecule has 1 N–H and O–H groups in total. The molecule has 3 nitrogen and oxygen atoms in total. The summed E-state index contributed by atoms with van der Waals surface area (Å²) in [7, 11) is 0. The molecule has 12 heavy (non-hydrogen) atoms. The van der Waals surface area contributed by atoms with Crippen molar-refractivity contribution in [3.8, 4) is 0 Å². The summed E-state index contributed by atoms with van der Waals surface area (Å²) in [5.74, 6) is -1.44. The van der Waals surface area contributed by atoms with Gasteiger partial charge in [-0.05, 0) is 25.5 Å². The summed E-state index contributed by atoms with van der Waals surface area (Å²) in [6.07, 6.45) is 4.13. The second-order valence-corrected chi connectivity index (χ2v) is 2.92. The molecular weight excluding hydrogens is 156 g/mol. The molecule has 1 rings (SSSR count). The minimum Gasteiger partial charge on any atom is -0.362 e. The fourth-order valence-corrected chi connectivity index (χ4v) is 1.05.